The molecule has 0 bridgehead atoms. The number of halogens is 1. The molecule has 1 aromatic rings. The van der Waals surface area contributed by atoms with Crippen molar-refractivity contribution in [3.05, 3.63) is 34.1 Å². The fourth-order valence-corrected chi connectivity index (χ4v) is 2.04. The molecule has 0 aliphatic carbocycles. The molecule has 0 fully saturated rings. The van der Waals surface area contributed by atoms with E-state index in [-0.39, 0.29) is 23.7 Å². The predicted octanol–water partition coefficient (Wildman–Crippen LogP) is 1.58. The van der Waals surface area contributed by atoms with E-state index in [1.807, 2.05) is 0 Å². The molecule has 0 aromatic heterocycles. The fraction of sp³-hybridized carbons (Fsp3) is 0.400. The first kappa shape index (κ1) is 14.4. The third kappa shape index (κ3) is 4.66. The average Bonchev–Trinajstić information content (AvgIpc) is 2.22. The van der Waals surface area contributed by atoms with Crippen LogP contribution in [0.5, 0.6) is 0 Å². The Morgan fingerprint density at radius 3 is 2.67 bits per heavy atom. The molecule has 0 aliphatic rings. The number of benzene rings is 1. The van der Waals surface area contributed by atoms with E-state index in [0.29, 0.717) is 6.42 Å². The molecule has 0 heterocycles. The van der Waals surface area contributed by atoms with E-state index in [0.717, 1.165) is 24.5 Å². The quantitative estimate of drug-likeness (QED) is 0.484. The summed E-state index contributed by atoms with van der Waals surface area (Å²) in [6, 6.07) is 3.08. The van der Waals surface area contributed by atoms with E-state index in [4.69, 9.17) is 0 Å². The van der Waals surface area contributed by atoms with Crippen LogP contribution in [0.15, 0.2) is 18.2 Å². The number of nitrogens with zero attached hydrogens (tertiary/aromatic N) is 1. The Bertz CT molecular complexity index is 545. The molecule has 100 valence electrons. The number of nitrogens with one attached hydrogen (secondary N) is 1. The first-order valence-electron chi connectivity index (χ1n) is 5.15. The van der Waals surface area contributed by atoms with Crippen LogP contribution < -0.4 is 5.32 Å². The highest BCUT2D eigenvalue weighted by Gasteiger charge is 2.14. The Balaban J connectivity index is 2.66. The van der Waals surface area contributed by atoms with Gasteiger partial charge in [0.2, 0.25) is 0 Å². The van der Waals surface area contributed by atoms with Crippen molar-refractivity contribution in [2.75, 3.05) is 23.9 Å². The Hall–Kier alpha value is -1.70. The summed E-state index contributed by atoms with van der Waals surface area (Å²) in [7, 11) is -3.06. The van der Waals surface area contributed by atoms with Crippen molar-refractivity contribution >= 4 is 21.2 Å². The molecule has 1 aromatic carbocycles. The highest BCUT2D eigenvalue weighted by Crippen LogP contribution is 2.24. The van der Waals surface area contributed by atoms with Crippen LogP contribution in [0.4, 0.5) is 15.8 Å². The second kappa shape index (κ2) is 5.76. The van der Waals surface area contributed by atoms with Crippen molar-refractivity contribution in [3.8, 4) is 0 Å². The largest absolute Gasteiger partial charge is 0.379 e. The van der Waals surface area contributed by atoms with Gasteiger partial charge in [0, 0.05) is 24.9 Å². The summed E-state index contributed by atoms with van der Waals surface area (Å²) in [5, 5.41) is 13.3. The molecule has 6 nitrogen and oxygen atoms in total. The normalized spacial score (nSPS) is 11.2. The molecule has 8 heteroatoms. The summed E-state index contributed by atoms with van der Waals surface area (Å²) >= 11 is 0. The zero-order valence-electron chi connectivity index (χ0n) is 9.72. The number of nitro benzene ring substituents is 1. The molecule has 0 saturated carbocycles. The summed E-state index contributed by atoms with van der Waals surface area (Å²) in [6.07, 6.45) is 1.41. The average molecular weight is 276 g/mol. The lowest BCUT2D eigenvalue weighted by Crippen LogP contribution is -2.10. The standard InChI is InChI=1S/C10H13FN2O4S/c1-18(16,17)6-2-5-12-9-7-8(11)3-4-10(9)13(14)15/h3-4,7,12H,2,5-6H2,1H3. The molecular weight excluding hydrogens is 263 g/mol. The third-order valence-corrected chi connectivity index (χ3v) is 3.19. The van der Waals surface area contributed by atoms with E-state index >= 15 is 0 Å². The Morgan fingerprint density at radius 1 is 1.44 bits per heavy atom. The van der Waals surface area contributed by atoms with Gasteiger partial charge < -0.3 is 5.32 Å². The summed E-state index contributed by atoms with van der Waals surface area (Å²) in [5.74, 6) is -0.616. The molecule has 0 spiro atoms. The van der Waals surface area contributed by atoms with Crippen LogP contribution in [0.3, 0.4) is 0 Å². The molecule has 1 rings (SSSR count). The van der Waals surface area contributed by atoms with Crippen molar-refractivity contribution in [2.45, 2.75) is 6.42 Å². The van der Waals surface area contributed by atoms with Gasteiger partial charge in [0.1, 0.15) is 21.3 Å². The van der Waals surface area contributed by atoms with Crippen LogP contribution >= 0.6 is 0 Å². The van der Waals surface area contributed by atoms with Crippen molar-refractivity contribution in [2.24, 2.45) is 0 Å². The van der Waals surface area contributed by atoms with Gasteiger partial charge in [-0.1, -0.05) is 0 Å². The van der Waals surface area contributed by atoms with Crippen LogP contribution in [0, 0.1) is 15.9 Å². The van der Waals surface area contributed by atoms with Gasteiger partial charge in [-0.25, -0.2) is 12.8 Å². The second-order valence-corrected chi connectivity index (χ2v) is 6.09. The van der Waals surface area contributed by atoms with Crippen LogP contribution in [0.25, 0.3) is 0 Å². The summed E-state index contributed by atoms with van der Waals surface area (Å²) < 4.78 is 34.7. The first-order valence-corrected chi connectivity index (χ1v) is 7.21. The summed E-state index contributed by atoms with van der Waals surface area (Å²) in [5.41, 5.74) is -0.191. The molecular formula is C10H13FN2O4S. The van der Waals surface area contributed by atoms with Gasteiger partial charge in [-0.2, -0.15) is 0 Å². The minimum Gasteiger partial charge on any atom is -0.379 e. The number of nitro groups is 1. The Kier molecular flexibility index (Phi) is 4.60. The lowest BCUT2D eigenvalue weighted by Gasteiger charge is -2.06. The molecule has 0 amide bonds. The Labute approximate surface area is 104 Å². The molecule has 0 radical (unpaired) electrons. The topological polar surface area (TPSA) is 89.3 Å². The maximum Gasteiger partial charge on any atom is 0.292 e. The van der Waals surface area contributed by atoms with Gasteiger partial charge in [0.05, 0.1) is 10.7 Å². The van der Waals surface area contributed by atoms with Crippen molar-refractivity contribution in [1.82, 2.24) is 0 Å². The van der Waals surface area contributed by atoms with E-state index in [1.165, 1.54) is 0 Å². The summed E-state index contributed by atoms with van der Waals surface area (Å²) in [6.45, 7) is 0.220. The van der Waals surface area contributed by atoms with E-state index in [1.54, 1.807) is 0 Å². The summed E-state index contributed by atoms with van der Waals surface area (Å²) in [4.78, 5) is 10.0. The maximum atomic E-state index is 13.0. The molecule has 0 aliphatic heterocycles. The first-order chi connectivity index (χ1) is 8.29. The lowest BCUT2D eigenvalue weighted by molar-refractivity contribution is -0.384. The van der Waals surface area contributed by atoms with Gasteiger partial charge in [0.25, 0.3) is 5.69 Å². The van der Waals surface area contributed by atoms with E-state index < -0.39 is 20.6 Å². The van der Waals surface area contributed by atoms with Crippen LogP contribution in [-0.2, 0) is 9.84 Å². The van der Waals surface area contributed by atoms with Gasteiger partial charge in [-0.3, -0.25) is 10.1 Å². The number of rotatable bonds is 6. The molecule has 1 N–H and O–H groups in total. The van der Waals surface area contributed by atoms with Crippen LogP contribution in [0.1, 0.15) is 6.42 Å². The van der Waals surface area contributed by atoms with E-state index in [2.05, 4.69) is 5.32 Å². The molecule has 0 saturated heterocycles. The third-order valence-electron chi connectivity index (χ3n) is 2.16. The zero-order chi connectivity index (χ0) is 13.8. The highest BCUT2D eigenvalue weighted by molar-refractivity contribution is 7.90. The predicted molar refractivity (Wildman–Crippen MR) is 65.9 cm³/mol. The number of hydrogen-bond donors (Lipinski definition) is 1. The number of hydrogen-bond acceptors (Lipinski definition) is 5. The smallest absolute Gasteiger partial charge is 0.292 e. The molecule has 0 unspecified atom stereocenters. The monoisotopic (exact) mass is 276 g/mol. The molecule has 18 heavy (non-hydrogen) atoms. The number of anilines is 1. The zero-order valence-corrected chi connectivity index (χ0v) is 10.5. The fourth-order valence-electron chi connectivity index (χ4n) is 1.37. The van der Waals surface area contributed by atoms with E-state index in [9.17, 15) is 22.9 Å². The van der Waals surface area contributed by atoms with Crippen molar-refractivity contribution < 1.29 is 17.7 Å². The minimum atomic E-state index is -3.06. The van der Waals surface area contributed by atoms with Crippen LogP contribution in [-0.4, -0.2) is 31.9 Å². The maximum absolute atomic E-state index is 13.0. The van der Waals surface area contributed by atoms with Crippen LogP contribution in [0.2, 0.25) is 0 Å². The lowest BCUT2D eigenvalue weighted by atomic mass is 10.2. The second-order valence-electron chi connectivity index (χ2n) is 3.83. The van der Waals surface area contributed by atoms with Gasteiger partial charge in [-0.15, -0.1) is 0 Å². The van der Waals surface area contributed by atoms with Gasteiger partial charge in [0.15, 0.2) is 0 Å². The SMILES string of the molecule is CS(=O)(=O)CCCNc1cc(F)ccc1[N+](=O)[O-]. The molecule has 0 atom stereocenters. The Morgan fingerprint density at radius 2 is 2.11 bits per heavy atom. The van der Waals surface area contributed by atoms with Gasteiger partial charge in [-0.05, 0) is 12.5 Å². The van der Waals surface area contributed by atoms with Crippen molar-refractivity contribution in [3.63, 3.8) is 0 Å². The number of sulfone groups is 1. The van der Waals surface area contributed by atoms with Crippen molar-refractivity contribution in [1.29, 1.82) is 0 Å². The minimum absolute atomic E-state index is 0.0247. The highest BCUT2D eigenvalue weighted by atomic mass is 32.2. The van der Waals surface area contributed by atoms with Gasteiger partial charge >= 0.3 is 0 Å².